The molecule has 1 amide bonds. The van der Waals surface area contributed by atoms with Gasteiger partial charge in [0.25, 0.3) is 5.91 Å². The van der Waals surface area contributed by atoms with Gasteiger partial charge in [-0.15, -0.1) is 11.8 Å². The minimum atomic E-state index is -0.280. The van der Waals surface area contributed by atoms with Crippen molar-refractivity contribution in [3.05, 3.63) is 89.4 Å². The van der Waals surface area contributed by atoms with Gasteiger partial charge in [-0.2, -0.15) is 5.10 Å². The predicted octanol–water partition coefficient (Wildman–Crippen LogP) is 6.28. The molecule has 4 aromatic carbocycles. The molecule has 5 heteroatoms. The van der Waals surface area contributed by atoms with E-state index in [4.69, 9.17) is 11.6 Å². The molecule has 1 atom stereocenters. The summed E-state index contributed by atoms with van der Waals surface area (Å²) in [4.78, 5) is 13.4. The Morgan fingerprint density at radius 2 is 1.55 bits per heavy atom. The van der Waals surface area contributed by atoms with Gasteiger partial charge in [-0.3, -0.25) is 4.79 Å². The van der Waals surface area contributed by atoms with Gasteiger partial charge >= 0.3 is 0 Å². The van der Waals surface area contributed by atoms with Gasteiger partial charge in [-0.1, -0.05) is 60.1 Å². The first kappa shape index (κ1) is 19.5. The number of amides is 1. The number of fused-ring (bicyclic) bond motifs is 2. The van der Waals surface area contributed by atoms with Gasteiger partial charge in [-0.05, 0) is 58.8 Å². The molecule has 1 N–H and O–H groups in total. The van der Waals surface area contributed by atoms with E-state index in [1.807, 2.05) is 55.5 Å². The van der Waals surface area contributed by atoms with Crippen LogP contribution in [0.4, 0.5) is 0 Å². The fraction of sp³-hybridized carbons (Fsp3) is 0.0833. The zero-order chi connectivity index (χ0) is 20.2. The highest BCUT2D eigenvalue weighted by Crippen LogP contribution is 2.27. The third kappa shape index (κ3) is 4.44. The van der Waals surface area contributed by atoms with E-state index in [0.717, 1.165) is 32.0 Å². The number of halogens is 1. The Hall–Kier alpha value is -2.82. The van der Waals surface area contributed by atoms with Crippen LogP contribution in [0.25, 0.3) is 21.5 Å². The summed E-state index contributed by atoms with van der Waals surface area (Å²) in [6, 6.07) is 26.0. The van der Waals surface area contributed by atoms with Crippen LogP contribution in [-0.4, -0.2) is 17.4 Å². The molecule has 0 saturated carbocycles. The van der Waals surface area contributed by atoms with Crippen LogP contribution in [0, 0.1) is 0 Å². The summed E-state index contributed by atoms with van der Waals surface area (Å²) >= 11 is 7.38. The topological polar surface area (TPSA) is 41.5 Å². The lowest BCUT2D eigenvalue weighted by molar-refractivity contribution is -0.120. The molecule has 0 saturated heterocycles. The molecule has 0 bridgehead atoms. The Morgan fingerprint density at radius 3 is 2.17 bits per heavy atom. The quantitative estimate of drug-likeness (QED) is 0.179. The van der Waals surface area contributed by atoms with Crippen LogP contribution in [0.15, 0.2) is 88.9 Å². The molecule has 144 valence electrons. The van der Waals surface area contributed by atoms with Crippen LogP contribution in [-0.2, 0) is 4.79 Å². The highest BCUT2D eigenvalue weighted by Gasteiger charge is 2.14. The summed E-state index contributed by atoms with van der Waals surface area (Å²) in [5.41, 5.74) is 3.67. The van der Waals surface area contributed by atoms with E-state index in [2.05, 4.69) is 40.9 Å². The standard InChI is InChI=1S/C24H19ClN2OS/c1-16(29-20-12-10-19(25)11-13-20)24(28)27-26-15-23-21-8-4-2-6-17(21)14-18-7-3-5-9-22(18)23/h2-16H,1H3,(H,27,28)/b26-15-/t16-/m1/s1. The van der Waals surface area contributed by atoms with Gasteiger partial charge in [-0.25, -0.2) is 5.43 Å². The molecule has 0 spiro atoms. The zero-order valence-corrected chi connectivity index (χ0v) is 17.4. The van der Waals surface area contributed by atoms with Crippen LogP contribution in [0.2, 0.25) is 5.02 Å². The number of benzene rings is 4. The van der Waals surface area contributed by atoms with Gasteiger partial charge in [0.15, 0.2) is 0 Å². The lowest BCUT2D eigenvalue weighted by atomic mass is 9.97. The predicted molar refractivity (Wildman–Crippen MR) is 124 cm³/mol. The number of nitrogens with zero attached hydrogens (tertiary/aromatic N) is 1. The lowest BCUT2D eigenvalue weighted by Crippen LogP contribution is -2.26. The van der Waals surface area contributed by atoms with Crippen molar-refractivity contribution < 1.29 is 4.79 Å². The maximum Gasteiger partial charge on any atom is 0.253 e. The Bertz CT molecular complexity index is 1150. The van der Waals surface area contributed by atoms with Gasteiger partial charge in [0.05, 0.1) is 11.5 Å². The van der Waals surface area contributed by atoms with Crippen molar-refractivity contribution in [2.24, 2.45) is 5.10 Å². The smallest absolute Gasteiger partial charge is 0.253 e. The number of hydrogen-bond donors (Lipinski definition) is 1. The van der Waals surface area contributed by atoms with Crippen LogP contribution < -0.4 is 5.43 Å². The fourth-order valence-corrected chi connectivity index (χ4v) is 4.20. The molecular weight excluding hydrogens is 400 g/mol. The third-order valence-electron chi connectivity index (χ3n) is 4.68. The maximum absolute atomic E-state index is 12.5. The van der Waals surface area contributed by atoms with E-state index in [0.29, 0.717) is 5.02 Å². The molecule has 3 nitrogen and oxygen atoms in total. The Balaban J connectivity index is 1.54. The monoisotopic (exact) mass is 418 g/mol. The van der Waals surface area contributed by atoms with Gasteiger partial charge in [0, 0.05) is 15.5 Å². The molecule has 0 unspecified atom stereocenters. The van der Waals surface area contributed by atoms with E-state index in [9.17, 15) is 4.79 Å². The van der Waals surface area contributed by atoms with Crippen molar-refractivity contribution in [1.82, 2.24) is 5.43 Å². The number of nitrogens with one attached hydrogen (secondary N) is 1. The normalized spacial score (nSPS) is 12.5. The fourth-order valence-electron chi connectivity index (χ4n) is 3.21. The Morgan fingerprint density at radius 1 is 0.966 bits per heavy atom. The molecule has 0 aliphatic carbocycles. The number of rotatable bonds is 5. The zero-order valence-electron chi connectivity index (χ0n) is 15.8. The SMILES string of the molecule is C[C@@H](Sc1ccc(Cl)cc1)C(=O)N/N=C\c1c2ccccc2cc2ccccc12. The summed E-state index contributed by atoms with van der Waals surface area (Å²) in [5.74, 6) is -0.147. The summed E-state index contributed by atoms with van der Waals surface area (Å²) in [5, 5.41) is 9.16. The number of thioether (sulfide) groups is 1. The van der Waals surface area contributed by atoms with Crippen molar-refractivity contribution in [3.63, 3.8) is 0 Å². The minimum absolute atomic E-state index is 0.147. The van der Waals surface area contributed by atoms with Crippen molar-refractivity contribution in [3.8, 4) is 0 Å². The van der Waals surface area contributed by atoms with Gasteiger partial charge < -0.3 is 0 Å². The molecule has 0 fully saturated rings. The molecule has 0 radical (unpaired) electrons. The molecule has 29 heavy (non-hydrogen) atoms. The number of hydrogen-bond acceptors (Lipinski definition) is 3. The van der Waals surface area contributed by atoms with E-state index >= 15 is 0 Å². The first-order valence-electron chi connectivity index (χ1n) is 9.27. The first-order valence-corrected chi connectivity index (χ1v) is 10.5. The largest absolute Gasteiger partial charge is 0.272 e. The molecule has 0 heterocycles. The van der Waals surface area contributed by atoms with Gasteiger partial charge in [0.2, 0.25) is 0 Å². The minimum Gasteiger partial charge on any atom is -0.272 e. The van der Waals surface area contributed by atoms with Crippen molar-refractivity contribution in [2.75, 3.05) is 0 Å². The van der Waals surface area contributed by atoms with Crippen LogP contribution in [0.3, 0.4) is 0 Å². The average molecular weight is 419 g/mol. The average Bonchev–Trinajstić information content (AvgIpc) is 2.74. The van der Waals surface area contributed by atoms with E-state index < -0.39 is 0 Å². The number of carbonyl (C=O) groups is 1. The first-order chi connectivity index (χ1) is 14.1. The molecule has 0 aromatic heterocycles. The van der Waals surface area contributed by atoms with Crippen LogP contribution in [0.1, 0.15) is 12.5 Å². The van der Waals surface area contributed by atoms with Crippen molar-refractivity contribution in [1.29, 1.82) is 0 Å². The number of carbonyl (C=O) groups excluding carboxylic acids is 1. The molecule has 0 aliphatic heterocycles. The number of hydrazone groups is 1. The molecular formula is C24H19ClN2OS. The summed E-state index contributed by atoms with van der Waals surface area (Å²) in [6.07, 6.45) is 1.74. The van der Waals surface area contributed by atoms with Gasteiger partial charge in [0.1, 0.15) is 0 Å². The van der Waals surface area contributed by atoms with E-state index in [1.54, 1.807) is 6.21 Å². The highest BCUT2D eigenvalue weighted by atomic mass is 35.5. The molecule has 4 rings (SSSR count). The molecule has 0 aliphatic rings. The van der Waals surface area contributed by atoms with Crippen molar-refractivity contribution >= 4 is 57.0 Å². The van der Waals surface area contributed by atoms with Crippen LogP contribution >= 0.6 is 23.4 Å². The highest BCUT2D eigenvalue weighted by molar-refractivity contribution is 8.00. The second kappa shape index (κ2) is 8.68. The lowest BCUT2D eigenvalue weighted by Gasteiger charge is -2.10. The summed E-state index contributed by atoms with van der Waals surface area (Å²) < 4.78 is 0. The molecule has 4 aromatic rings. The van der Waals surface area contributed by atoms with E-state index in [1.165, 1.54) is 11.8 Å². The van der Waals surface area contributed by atoms with E-state index in [-0.39, 0.29) is 11.2 Å². The van der Waals surface area contributed by atoms with Crippen LogP contribution in [0.5, 0.6) is 0 Å². The summed E-state index contributed by atoms with van der Waals surface area (Å²) in [6.45, 7) is 1.86. The second-order valence-corrected chi connectivity index (χ2v) is 8.53. The maximum atomic E-state index is 12.5. The Labute approximate surface area is 178 Å². The van der Waals surface area contributed by atoms with Crippen molar-refractivity contribution in [2.45, 2.75) is 17.1 Å². The second-order valence-electron chi connectivity index (χ2n) is 6.68. The summed E-state index contributed by atoms with van der Waals surface area (Å²) in [7, 11) is 0. The Kier molecular flexibility index (Phi) is 5.84. The third-order valence-corrected chi connectivity index (χ3v) is 6.04.